The van der Waals surface area contributed by atoms with Crippen LogP contribution in [-0.4, -0.2) is 11.6 Å². The number of halogens is 17. The molecular weight excluding hydrogens is 1120 g/mol. The first kappa shape index (κ1) is 58.7. The summed E-state index contributed by atoms with van der Waals surface area (Å²) in [4.78, 5) is 0. The van der Waals surface area contributed by atoms with E-state index < -0.39 is 65.0 Å². The Morgan fingerprint density at radius 3 is 1.11 bits per heavy atom. The molecule has 0 atom stereocenters. The summed E-state index contributed by atoms with van der Waals surface area (Å²) in [5, 5.41) is 2.62. The van der Waals surface area contributed by atoms with Crippen molar-refractivity contribution in [3.8, 4) is 22.3 Å². The van der Waals surface area contributed by atoms with Gasteiger partial charge >= 0.3 is 91.8 Å². The van der Waals surface area contributed by atoms with Gasteiger partial charge in [0.2, 0.25) is 0 Å². The van der Waals surface area contributed by atoms with Crippen LogP contribution in [0, 0.1) is 22.7 Å². The minimum absolute atomic E-state index is 0. The molecule has 6 aliphatic carbocycles. The van der Waals surface area contributed by atoms with Crippen molar-refractivity contribution < 1.29 is 114 Å². The summed E-state index contributed by atoms with van der Waals surface area (Å²) in [5.74, 6) is 1.53. The Bertz CT molecular complexity index is 2780. The van der Waals surface area contributed by atoms with Crippen molar-refractivity contribution in [3.05, 3.63) is 139 Å². The Morgan fingerprint density at radius 1 is 0.534 bits per heavy atom. The molecule has 4 aromatic carbocycles. The van der Waals surface area contributed by atoms with Gasteiger partial charge in [0, 0.05) is 0 Å². The van der Waals surface area contributed by atoms with Gasteiger partial charge in [-0.3, -0.25) is 0 Å². The van der Waals surface area contributed by atoms with E-state index in [1.165, 1.54) is 49.0 Å². The van der Waals surface area contributed by atoms with Crippen molar-refractivity contribution >= 4 is 29.7 Å². The monoisotopic (exact) mass is 1170 g/mol. The van der Waals surface area contributed by atoms with Gasteiger partial charge in [0.25, 0.3) is 0 Å². The van der Waals surface area contributed by atoms with Crippen LogP contribution >= 0.6 is 0 Å². The van der Waals surface area contributed by atoms with Crippen molar-refractivity contribution in [1.82, 2.24) is 0 Å². The molecule has 0 spiro atoms. The second-order valence-electron chi connectivity index (χ2n) is 19.8. The summed E-state index contributed by atoms with van der Waals surface area (Å²) in [7, 11) is 0. The van der Waals surface area contributed by atoms with E-state index in [1.54, 1.807) is 36.4 Å². The van der Waals surface area contributed by atoms with E-state index >= 15 is 0 Å². The Morgan fingerprint density at radius 2 is 0.863 bits per heavy atom. The summed E-state index contributed by atoms with van der Waals surface area (Å²) in [5.41, 5.74) is -3.28. The Labute approximate surface area is 439 Å². The van der Waals surface area contributed by atoms with Crippen LogP contribution in [-0.2, 0) is 48.0 Å². The zero-order valence-corrected chi connectivity index (χ0v) is 43.8. The molecule has 6 aliphatic rings. The van der Waals surface area contributed by atoms with E-state index in [4.69, 9.17) is 0 Å². The van der Waals surface area contributed by atoms with Crippen LogP contribution in [0.5, 0.6) is 0 Å². The van der Waals surface area contributed by atoms with Gasteiger partial charge < -0.3 is 24.8 Å². The molecule has 0 saturated heterocycles. The average Bonchev–Trinajstić information content (AvgIpc) is 4.15. The fourth-order valence-electron chi connectivity index (χ4n) is 11.1. The van der Waals surface area contributed by atoms with Gasteiger partial charge in [0.05, 0.1) is 22.3 Å². The first-order valence-electron chi connectivity index (χ1n) is 23.1. The van der Waals surface area contributed by atoms with Crippen LogP contribution in [0.3, 0.4) is 0 Å². The minimum atomic E-state index is -4.87. The van der Waals surface area contributed by atoms with Crippen LogP contribution in [0.2, 0.25) is 12.6 Å². The number of alkyl halides is 15. The smallest absolute Gasteiger partial charge is 0.416 e. The van der Waals surface area contributed by atoms with Crippen molar-refractivity contribution in [2.75, 3.05) is 0 Å². The van der Waals surface area contributed by atoms with Crippen LogP contribution in [0.1, 0.15) is 92.9 Å². The van der Waals surface area contributed by atoms with Gasteiger partial charge in [0.15, 0.2) is 0 Å². The van der Waals surface area contributed by atoms with Gasteiger partial charge in [-0.2, -0.15) is 52.7 Å². The minimum Gasteiger partial charge on any atom is -1.00 e. The van der Waals surface area contributed by atoms with Crippen molar-refractivity contribution in [2.45, 2.75) is 114 Å². The summed E-state index contributed by atoms with van der Waals surface area (Å²) in [6.07, 6.45) is 2.40. The molecule has 4 saturated carbocycles. The SMILES string of the molecule is C[Si](=[Zr+2])CCC(F)(F)F.FC(F)(F)c1cc(-c2cccc3c2=CC(=CC24CCC(CC2)C4)[C-]=3)cc(C(F)(F)F)c1.FC(F)(F)c1cc(-c2cccc3c2=CC(=CC24CCC(CC2)C4)[C-]=3)cc(C(F)(F)F)c1.[Cl-].[Cl-]. The number of allylic oxidation sites excluding steroid dienone is 4. The Kier molecular flexibility index (Phi) is 17.6. The molecule has 19 heteroatoms. The maximum Gasteiger partial charge on any atom is 0.416 e. The molecular formula is C54H45Cl2F15SiZr-2. The Hall–Kier alpha value is -3.53. The van der Waals surface area contributed by atoms with E-state index in [0.717, 1.165) is 85.8 Å². The summed E-state index contributed by atoms with van der Waals surface area (Å²) >= 11 is 1.29. The molecule has 73 heavy (non-hydrogen) atoms. The number of hydrogen-bond donors (Lipinski definition) is 0. The first-order chi connectivity index (χ1) is 33.0. The Balaban J connectivity index is 0.000000200. The predicted molar refractivity (Wildman–Crippen MR) is 239 cm³/mol. The molecule has 0 nitrogen and oxygen atoms in total. The number of fused-ring (bicyclic) bond motifs is 6. The number of rotatable bonds is 6. The first-order valence-corrected chi connectivity index (χ1v) is 29.0. The second-order valence-corrected chi connectivity index (χ2v) is 28.1. The van der Waals surface area contributed by atoms with Crippen LogP contribution in [0.15, 0.2) is 96.1 Å². The molecule has 0 N–H and O–H groups in total. The van der Waals surface area contributed by atoms with Crippen molar-refractivity contribution in [3.63, 3.8) is 0 Å². The van der Waals surface area contributed by atoms with Gasteiger partial charge in [-0.05, 0) is 83.0 Å². The van der Waals surface area contributed by atoms with Gasteiger partial charge in [-0.15, -0.1) is 80.6 Å². The number of hydrogen-bond acceptors (Lipinski definition) is 0. The topological polar surface area (TPSA) is 0 Å². The molecule has 0 heterocycles. The molecule has 0 radical (unpaired) electrons. The zero-order chi connectivity index (χ0) is 51.5. The quantitative estimate of drug-likeness (QED) is 0.103. The third kappa shape index (κ3) is 14.1. The molecule has 0 aromatic heterocycles. The standard InChI is InChI=1S/2C25H19F6.C4H7F3Si.2ClH.Zr/c2*26-24(27,28)19-10-18(11-20(12-19)25(29,30)31)21-3-1-2-17-8-16(9-22(17)21)14-23-6-4-15(13-23)5-7-23;1-8-3-2-4(5,6)7;;;/h2*1-3,9-12,14-15H,4-7,13H2;2-3H2,1H3;2*1H;/q2*-1;;;;+2/p-2. The molecule has 0 aliphatic heterocycles. The predicted octanol–water partition coefficient (Wildman–Crippen LogP) is 8.81. The maximum atomic E-state index is 13.3. The van der Waals surface area contributed by atoms with E-state index in [-0.39, 0.29) is 58.9 Å². The third-order valence-corrected chi connectivity index (χ3v) is 17.3. The number of benzene rings is 4. The van der Waals surface area contributed by atoms with E-state index in [1.807, 2.05) is 18.7 Å². The van der Waals surface area contributed by atoms with E-state index in [9.17, 15) is 65.9 Å². The van der Waals surface area contributed by atoms with Crippen molar-refractivity contribution in [1.29, 1.82) is 0 Å². The third-order valence-electron chi connectivity index (χ3n) is 14.5. The average molecular weight is 1170 g/mol. The fraction of sp³-hybridized carbons (Fsp3) is 0.407. The summed E-state index contributed by atoms with van der Waals surface area (Å²) in [6.45, 7) is 1.93. The van der Waals surface area contributed by atoms with Crippen LogP contribution in [0.25, 0.3) is 46.6 Å². The van der Waals surface area contributed by atoms with Gasteiger partial charge in [0.1, 0.15) is 0 Å². The van der Waals surface area contributed by atoms with Crippen molar-refractivity contribution in [2.24, 2.45) is 22.7 Å². The van der Waals surface area contributed by atoms with E-state index in [0.29, 0.717) is 38.0 Å². The fourth-order valence-corrected chi connectivity index (χ4v) is 12.7. The largest absolute Gasteiger partial charge is 1.00 e. The molecule has 0 amide bonds. The molecule has 0 unspecified atom stereocenters. The maximum absolute atomic E-state index is 13.3. The molecule has 10 rings (SSSR count). The second kappa shape index (κ2) is 21.8. The molecule has 390 valence electrons. The van der Waals surface area contributed by atoms with Crippen LogP contribution < -0.4 is 45.7 Å². The van der Waals surface area contributed by atoms with Crippen LogP contribution in [0.4, 0.5) is 65.9 Å². The summed E-state index contributed by atoms with van der Waals surface area (Å²) < 4.78 is 194. The van der Waals surface area contributed by atoms with Gasteiger partial charge in [-0.1, -0.05) is 86.8 Å². The normalized spacial score (nSPS) is 23.6. The summed E-state index contributed by atoms with van der Waals surface area (Å²) in [6, 6.07) is 13.9. The molecule has 4 bridgehead atoms. The van der Waals surface area contributed by atoms with E-state index in [2.05, 4.69) is 24.3 Å². The van der Waals surface area contributed by atoms with Gasteiger partial charge in [-0.25, -0.2) is 0 Å². The zero-order valence-electron chi connectivity index (χ0n) is 38.8. The molecule has 4 aromatic rings. The molecule has 4 fully saturated rings.